The highest BCUT2D eigenvalue weighted by molar-refractivity contribution is 7.98. The first-order chi connectivity index (χ1) is 10.4. The number of carbonyl (C=O) groups is 1. The minimum atomic E-state index is -0.457. The lowest BCUT2D eigenvalue weighted by atomic mass is 10.2. The first-order valence-corrected chi connectivity index (χ1v) is 9.26. The van der Waals surface area contributed by atoms with Crippen LogP contribution in [-0.2, 0) is 4.74 Å². The molecule has 0 radical (unpaired) electrons. The Morgan fingerprint density at radius 3 is 2.41 bits per heavy atom. The van der Waals surface area contributed by atoms with Crippen LogP contribution in [0.5, 0.6) is 0 Å². The summed E-state index contributed by atoms with van der Waals surface area (Å²) in [5, 5.41) is 9.24. The average molecular weight is 333 g/mol. The van der Waals surface area contributed by atoms with Crippen molar-refractivity contribution in [3.8, 4) is 0 Å². The van der Waals surface area contributed by atoms with Gasteiger partial charge in [-0.15, -0.1) is 0 Å². The highest BCUT2D eigenvalue weighted by Gasteiger charge is 2.15. The molecule has 0 heterocycles. The monoisotopic (exact) mass is 332 g/mol. The molecular formula is C15H32N4O2S. The molecular weight excluding hydrogens is 300 g/mol. The quantitative estimate of drug-likeness (QED) is 0.343. The van der Waals surface area contributed by atoms with Crippen molar-refractivity contribution in [2.24, 2.45) is 4.99 Å². The van der Waals surface area contributed by atoms with Crippen molar-refractivity contribution >= 4 is 23.8 Å². The molecule has 0 fully saturated rings. The number of amides is 1. The molecule has 0 unspecified atom stereocenters. The number of hydrogen-bond acceptors (Lipinski definition) is 4. The van der Waals surface area contributed by atoms with Crippen molar-refractivity contribution in [3.05, 3.63) is 0 Å². The Kier molecular flexibility index (Phi) is 11.8. The van der Waals surface area contributed by atoms with Gasteiger partial charge < -0.3 is 20.7 Å². The van der Waals surface area contributed by atoms with E-state index in [0.717, 1.165) is 37.6 Å². The number of guanidine groups is 1. The topological polar surface area (TPSA) is 74.8 Å². The maximum atomic E-state index is 11.5. The van der Waals surface area contributed by atoms with Gasteiger partial charge in [0.05, 0.1) is 0 Å². The highest BCUT2D eigenvalue weighted by Crippen LogP contribution is 2.06. The number of carbonyl (C=O) groups excluding carboxylic acids is 1. The van der Waals surface area contributed by atoms with Crippen LogP contribution in [0.25, 0.3) is 0 Å². The number of nitrogens with zero attached hydrogens (tertiary/aromatic N) is 1. The molecule has 0 saturated carbocycles. The van der Waals surface area contributed by atoms with Crippen LogP contribution >= 0.6 is 11.8 Å². The molecule has 0 aromatic rings. The van der Waals surface area contributed by atoms with Crippen molar-refractivity contribution in [2.45, 2.75) is 46.1 Å². The third-order valence-corrected chi connectivity index (χ3v) is 3.13. The van der Waals surface area contributed by atoms with Crippen LogP contribution in [-0.4, -0.2) is 55.8 Å². The molecule has 0 aliphatic carbocycles. The van der Waals surface area contributed by atoms with Crippen molar-refractivity contribution in [2.75, 3.05) is 38.2 Å². The van der Waals surface area contributed by atoms with Crippen LogP contribution in [0, 0.1) is 0 Å². The zero-order valence-corrected chi connectivity index (χ0v) is 15.4. The van der Waals surface area contributed by atoms with E-state index in [2.05, 4.69) is 27.2 Å². The van der Waals surface area contributed by atoms with E-state index >= 15 is 0 Å². The Bertz CT molecular complexity index is 330. The summed E-state index contributed by atoms with van der Waals surface area (Å²) in [6.07, 6.45) is 3.63. The molecule has 22 heavy (non-hydrogen) atoms. The summed E-state index contributed by atoms with van der Waals surface area (Å²) in [4.78, 5) is 15.9. The Morgan fingerprint density at radius 1 is 1.14 bits per heavy atom. The molecule has 6 nitrogen and oxygen atoms in total. The van der Waals surface area contributed by atoms with E-state index < -0.39 is 5.60 Å². The largest absolute Gasteiger partial charge is 0.444 e. The molecule has 0 aromatic heterocycles. The second kappa shape index (κ2) is 12.4. The van der Waals surface area contributed by atoms with Crippen molar-refractivity contribution in [3.63, 3.8) is 0 Å². The second-order valence-corrected chi connectivity index (χ2v) is 6.80. The van der Waals surface area contributed by atoms with Gasteiger partial charge in [0.25, 0.3) is 0 Å². The number of aliphatic imine (C=N–C) groups is 1. The molecule has 7 heteroatoms. The molecule has 1 amide bonds. The maximum absolute atomic E-state index is 11.5. The summed E-state index contributed by atoms with van der Waals surface area (Å²) in [5.41, 5.74) is -0.457. The van der Waals surface area contributed by atoms with Gasteiger partial charge in [0, 0.05) is 26.2 Å². The minimum absolute atomic E-state index is 0.376. The van der Waals surface area contributed by atoms with Gasteiger partial charge in [-0.25, -0.2) is 4.79 Å². The fourth-order valence-electron chi connectivity index (χ4n) is 1.54. The lowest BCUT2D eigenvalue weighted by Crippen LogP contribution is -2.38. The zero-order chi connectivity index (χ0) is 16.8. The predicted octanol–water partition coefficient (Wildman–Crippen LogP) is 2.21. The third kappa shape index (κ3) is 13.9. The molecule has 0 saturated heterocycles. The van der Waals surface area contributed by atoms with Gasteiger partial charge in [0.2, 0.25) is 0 Å². The van der Waals surface area contributed by atoms with Crippen molar-refractivity contribution in [1.82, 2.24) is 16.0 Å². The van der Waals surface area contributed by atoms with Crippen LogP contribution in [0.1, 0.15) is 40.5 Å². The lowest BCUT2D eigenvalue weighted by molar-refractivity contribution is 0.0527. The molecule has 0 aliphatic rings. The first-order valence-electron chi connectivity index (χ1n) is 7.87. The van der Waals surface area contributed by atoms with Crippen LogP contribution in [0.15, 0.2) is 4.99 Å². The third-order valence-electron chi connectivity index (χ3n) is 2.43. The fourth-order valence-corrected chi connectivity index (χ4v) is 1.97. The van der Waals surface area contributed by atoms with Gasteiger partial charge in [0.15, 0.2) is 5.96 Å². The summed E-state index contributed by atoms with van der Waals surface area (Å²) >= 11 is 1.85. The zero-order valence-electron chi connectivity index (χ0n) is 14.6. The number of thioether (sulfide) groups is 1. The van der Waals surface area contributed by atoms with E-state index in [0.29, 0.717) is 13.1 Å². The van der Waals surface area contributed by atoms with Crippen molar-refractivity contribution < 1.29 is 9.53 Å². The SMILES string of the molecule is CCNC(=NCCCNC(=O)OC(C)(C)C)NCCCSC. The normalized spacial score (nSPS) is 12.0. The summed E-state index contributed by atoms with van der Waals surface area (Å²) in [6, 6.07) is 0. The van der Waals surface area contributed by atoms with Crippen LogP contribution in [0.3, 0.4) is 0 Å². The van der Waals surface area contributed by atoms with E-state index in [1.54, 1.807) is 0 Å². The van der Waals surface area contributed by atoms with E-state index in [1.165, 1.54) is 0 Å². The van der Waals surface area contributed by atoms with Gasteiger partial charge >= 0.3 is 6.09 Å². The van der Waals surface area contributed by atoms with Gasteiger partial charge in [-0.3, -0.25) is 4.99 Å². The number of hydrogen-bond donors (Lipinski definition) is 3. The number of nitrogens with one attached hydrogen (secondary N) is 3. The first kappa shape index (κ1) is 20.9. The van der Waals surface area contributed by atoms with E-state index in [4.69, 9.17) is 4.74 Å². The standard InChI is InChI=1S/C15H32N4O2S/c1-6-16-13(18-11-8-12-22-5)17-9-7-10-19-14(20)21-15(2,3)4/h6-12H2,1-5H3,(H,19,20)(H2,16,17,18). The molecule has 0 atom stereocenters. The summed E-state index contributed by atoms with van der Waals surface area (Å²) in [6.45, 7) is 10.6. The summed E-state index contributed by atoms with van der Waals surface area (Å²) in [5.74, 6) is 1.98. The summed E-state index contributed by atoms with van der Waals surface area (Å²) < 4.78 is 5.17. The van der Waals surface area contributed by atoms with Crippen LogP contribution in [0.2, 0.25) is 0 Å². The molecule has 0 aliphatic heterocycles. The smallest absolute Gasteiger partial charge is 0.407 e. The molecule has 3 N–H and O–H groups in total. The van der Waals surface area contributed by atoms with Gasteiger partial charge in [-0.05, 0) is 52.5 Å². The van der Waals surface area contributed by atoms with E-state index in [9.17, 15) is 4.79 Å². The number of alkyl carbamates (subject to hydrolysis) is 1. The lowest BCUT2D eigenvalue weighted by Gasteiger charge is -2.19. The molecule has 0 spiro atoms. The number of ether oxygens (including phenoxy) is 1. The number of rotatable bonds is 9. The van der Waals surface area contributed by atoms with Crippen LogP contribution in [0.4, 0.5) is 4.79 Å². The predicted molar refractivity (Wildman–Crippen MR) is 95.8 cm³/mol. The Labute approximate surface area is 139 Å². The molecule has 0 rings (SSSR count). The Morgan fingerprint density at radius 2 is 1.82 bits per heavy atom. The van der Waals surface area contributed by atoms with E-state index in [1.807, 2.05) is 39.5 Å². The van der Waals surface area contributed by atoms with Crippen LogP contribution < -0.4 is 16.0 Å². The minimum Gasteiger partial charge on any atom is -0.444 e. The van der Waals surface area contributed by atoms with Gasteiger partial charge in [-0.1, -0.05) is 0 Å². The van der Waals surface area contributed by atoms with Gasteiger partial charge in [0.1, 0.15) is 5.60 Å². The average Bonchev–Trinajstić information content (AvgIpc) is 2.41. The van der Waals surface area contributed by atoms with Gasteiger partial charge in [-0.2, -0.15) is 11.8 Å². The summed E-state index contributed by atoms with van der Waals surface area (Å²) in [7, 11) is 0. The Hall–Kier alpha value is -1.11. The van der Waals surface area contributed by atoms with Crippen molar-refractivity contribution in [1.29, 1.82) is 0 Å². The fraction of sp³-hybridized carbons (Fsp3) is 0.867. The Balaban J connectivity index is 3.87. The molecule has 0 bridgehead atoms. The maximum Gasteiger partial charge on any atom is 0.407 e. The molecule has 0 aromatic carbocycles. The molecule has 130 valence electrons. The highest BCUT2D eigenvalue weighted by atomic mass is 32.2. The second-order valence-electron chi connectivity index (χ2n) is 5.82. The van der Waals surface area contributed by atoms with E-state index in [-0.39, 0.29) is 6.09 Å².